The van der Waals surface area contributed by atoms with Crippen molar-refractivity contribution in [3.8, 4) is 0 Å². The molecule has 0 saturated carbocycles. The van der Waals surface area contributed by atoms with Crippen molar-refractivity contribution in [2.45, 2.75) is 59.5 Å². The summed E-state index contributed by atoms with van der Waals surface area (Å²) in [5.74, 6) is 1.28. The van der Waals surface area contributed by atoms with E-state index in [1.807, 2.05) is 17.2 Å². The first kappa shape index (κ1) is 16.8. The third-order valence-electron chi connectivity index (χ3n) is 5.26. The van der Waals surface area contributed by atoms with E-state index in [1.54, 1.807) is 0 Å². The molecule has 130 valence electrons. The second-order valence-corrected chi connectivity index (χ2v) is 6.68. The van der Waals surface area contributed by atoms with Crippen molar-refractivity contribution >= 4 is 5.91 Å². The predicted octanol–water partition coefficient (Wildman–Crippen LogP) is 3.36. The Morgan fingerprint density at radius 3 is 2.79 bits per heavy atom. The maximum Gasteiger partial charge on any atom is 0.255 e. The smallest absolute Gasteiger partial charge is 0.255 e. The summed E-state index contributed by atoms with van der Waals surface area (Å²) in [6.07, 6.45) is 7.01. The summed E-state index contributed by atoms with van der Waals surface area (Å²) in [4.78, 5) is 19.5. The summed E-state index contributed by atoms with van der Waals surface area (Å²) in [5.41, 5.74) is 3.10. The van der Waals surface area contributed by atoms with Gasteiger partial charge in [-0.3, -0.25) is 4.79 Å². The zero-order valence-corrected chi connectivity index (χ0v) is 15.2. The summed E-state index contributed by atoms with van der Waals surface area (Å²) < 4.78 is 4.47. The third kappa shape index (κ3) is 2.87. The maximum atomic E-state index is 13.1. The molecule has 1 atom stereocenters. The molecule has 1 aliphatic heterocycles. The minimum Gasteiger partial charge on any atom is -0.349 e. The Bertz CT molecular complexity index is 728. The van der Waals surface area contributed by atoms with E-state index in [0.29, 0.717) is 6.04 Å². The van der Waals surface area contributed by atoms with Crippen LogP contribution in [0.2, 0.25) is 0 Å². The fourth-order valence-electron chi connectivity index (χ4n) is 3.99. The number of imidazole rings is 1. The van der Waals surface area contributed by atoms with Crippen LogP contribution in [-0.2, 0) is 13.0 Å². The second-order valence-electron chi connectivity index (χ2n) is 6.68. The first-order valence-electron chi connectivity index (χ1n) is 9.04. The Morgan fingerprint density at radius 1 is 1.33 bits per heavy atom. The molecule has 1 unspecified atom stereocenters. The number of amides is 1. The van der Waals surface area contributed by atoms with Gasteiger partial charge < -0.3 is 14.0 Å². The van der Waals surface area contributed by atoms with E-state index in [-0.39, 0.29) is 5.91 Å². The van der Waals surface area contributed by atoms with Gasteiger partial charge in [-0.2, -0.15) is 0 Å². The molecule has 5 heteroatoms. The van der Waals surface area contributed by atoms with Crippen LogP contribution in [0.3, 0.4) is 0 Å². The normalized spacial score (nSPS) is 18.2. The van der Waals surface area contributed by atoms with Crippen molar-refractivity contribution in [3.63, 3.8) is 0 Å². The van der Waals surface area contributed by atoms with Gasteiger partial charge in [-0.25, -0.2) is 4.98 Å². The number of rotatable bonds is 4. The zero-order chi connectivity index (χ0) is 17.3. The van der Waals surface area contributed by atoms with Crippen LogP contribution < -0.4 is 0 Å². The highest BCUT2D eigenvalue weighted by Crippen LogP contribution is 2.25. The molecule has 0 spiro atoms. The number of aromatic nitrogens is 3. The van der Waals surface area contributed by atoms with E-state index >= 15 is 0 Å². The average molecular weight is 328 g/mol. The molecule has 2 aromatic rings. The summed E-state index contributed by atoms with van der Waals surface area (Å²) in [6, 6.07) is 2.38. The Hall–Kier alpha value is -2.04. The zero-order valence-electron chi connectivity index (χ0n) is 15.2. The Morgan fingerprint density at radius 2 is 2.12 bits per heavy atom. The van der Waals surface area contributed by atoms with Gasteiger partial charge in [0.2, 0.25) is 0 Å². The second kappa shape index (κ2) is 6.83. The van der Waals surface area contributed by atoms with Crippen LogP contribution in [0.25, 0.3) is 0 Å². The van der Waals surface area contributed by atoms with Crippen LogP contribution in [0.4, 0.5) is 0 Å². The topological polar surface area (TPSA) is 43.1 Å². The minimum absolute atomic E-state index is 0.172. The summed E-state index contributed by atoms with van der Waals surface area (Å²) >= 11 is 0. The number of carbonyl (C=O) groups is 1. The summed E-state index contributed by atoms with van der Waals surface area (Å²) in [5, 5.41) is 0. The number of carbonyl (C=O) groups excluding carboxylic acids is 1. The van der Waals surface area contributed by atoms with E-state index < -0.39 is 0 Å². The third-order valence-corrected chi connectivity index (χ3v) is 5.26. The van der Waals surface area contributed by atoms with Crippen LogP contribution in [0.5, 0.6) is 0 Å². The molecule has 0 radical (unpaired) electrons. The van der Waals surface area contributed by atoms with Crippen LogP contribution >= 0.6 is 0 Å². The van der Waals surface area contributed by atoms with E-state index in [4.69, 9.17) is 0 Å². The van der Waals surface area contributed by atoms with Crippen LogP contribution in [0, 0.1) is 13.8 Å². The van der Waals surface area contributed by atoms with Gasteiger partial charge in [0.25, 0.3) is 5.91 Å². The van der Waals surface area contributed by atoms with Gasteiger partial charge in [0, 0.05) is 49.8 Å². The molecule has 0 aromatic carbocycles. The highest BCUT2D eigenvalue weighted by Gasteiger charge is 2.28. The number of hydrogen-bond donors (Lipinski definition) is 0. The predicted molar refractivity (Wildman–Crippen MR) is 95.4 cm³/mol. The van der Waals surface area contributed by atoms with Gasteiger partial charge in [0.15, 0.2) is 0 Å². The average Bonchev–Trinajstić information content (AvgIpc) is 3.18. The lowest BCUT2D eigenvalue weighted by Gasteiger charge is -2.34. The number of piperidine rings is 1. The monoisotopic (exact) mass is 328 g/mol. The number of hydrogen-bond acceptors (Lipinski definition) is 2. The standard InChI is InChI=1S/C19H28N4O/c1-5-18-20-9-11-23(18)16-8-7-10-21(13-16)19(24)17-12-14(3)22(6-2)15(17)4/h9,11-12,16H,5-8,10,13H2,1-4H3. The molecule has 2 aromatic heterocycles. The van der Waals surface area contributed by atoms with E-state index in [0.717, 1.165) is 61.7 Å². The van der Waals surface area contributed by atoms with Crippen molar-refractivity contribution < 1.29 is 4.79 Å². The lowest BCUT2D eigenvalue weighted by atomic mass is 10.0. The van der Waals surface area contributed by atoms with Crippen LogP contribution in [-0.4, -0.2) is 38.0 Å². The number of aryl methyl sites for hydroxylation is 2. The van der Waals surface area contributed by atoms with Crippen LogP contribution in [0.1, 0.15) is 60.3 Å². The Kier molecular flexibility index (Phi) is 4.78. The van der Waals surface area contributed by atoms with Gasteiger partial charge in [0.05, 0.1) is 11.6 Å². The molecule has 24 heavy (non-hydrogen) atoms. The largest absolute Gasteiger partial charge is 0.349 e. The lowest BCUT2D eigenvalue weighted by Crippen LogP contribution is -2.41. The van der Waals surface area contributed by atoms with Crippen LogP contribution in [0.15, 0.2) is 18.5 Å². The number of likely N-dealkylation sites (tertiary alicyclic amines) is 1. The highest BCUT2D eigenvalue weighted by molar-refractivity contribution is 5.95. The Labute approximate surface area is 144 Å². The van der Waals surface area contributed by atoms with E-state index in [2.05, 4.69) is 48.0 Å². The molecule has 1 amide bonds. The quantitative estimate of drug-likeness (QED) is 0.864. The van der Waals surface area contributed by atoms with Gasteiger partial charge in [-0.05, 0) is 39.7 Å². The minimum atomic E-state index is 0.172. The number of nitrogens with zero attached hydrogens (tertiary/aromatic N) is 4. The Balaban J connectivity index is 1.81. The molecule has 0 N–H and O–H groups in total. The molecule has 0 aliphatic carbocycles. The van der Waals surface area contributed by atoms with Gasteiger partial charge in [-0.1, -0.05) is 6.92 Å². The molecular formula is C19H28N4O. The summed E-state index contributed by atoms with van der Waals surface area (Å²) in [7, 11) is 0. The van der Waals surface area contributed by atoms with Gasteiger partial charge in [0.1, 0.15) is 5.82 Å². The van der Waals surface area contributed by atoms with Crippen molar-refractivity contribution in [1.82, 2.24) is 19.0 Å². The molecule has 1 aliphatic rings. The van der Waals surface area contributed by atoms with Crippen molar-refractivity contribution in [2.75, 3.05) is 13.1 Å². The van der Waals surface area contributed by atoms with Gasteiger partial charge in [-0.15, -0.1) is 0 Å². The summed E-state index contributed by atoms with van der Waals surface area (Å²) in [6.45, 7) is 10.9. The molecule has 0 bridgehead atoms. The fourth-order valence-corrected chi connectivity index (χ4v) is 3.99. The van der Waals surface area contributed by atoms with E-state index in [9.17, 15) is 4.79 Å². The van der Waals surface area contributed by atoms with Crippen molar-refractivity contribution in [2.24, 2.45) is 0 Å². The van der Waals surface area contributed by atoms with Gasteiger partial charge >= 0.3 is 0 Å². The first-order valence-corrected chi connectivity index (χ1v) is 9.04. The maximum absolute atomic E-state index is 13.1. The molecule has 3 rings (SSSR count). The van der Waals surface area contributed by atoms with E-state index in [1.165, 1.54) is 0 Å². The molecule has 3 heterocycles. The lowest BCUT2D eigenvalue weighted by molar-refractivity contribution is 0.0677. The van der Waals surface area contributed by atoms with Crippen molar-refractivity contribution in [3.05, 3.63) is 41.2 Å². The first-order chi connectivity index (χ1) is 11.6. The van der Waals surface area contributed by atoms with Crippen molar-refractivity contribution in [1.29, 1.82) is 0 Å². The molecule has 1 fully saturated rings. The molecular weight excluding hydrogens is 300 g/mol. The highest BCUT2D eigenvalue weighted by atomic mass is 16.2. The SMILES string of the molecule is CCc1nccn1C1CCCN(C(=O)c2cc(C)n(CC)c2C)C1. The fraction of sp³-hybridized carbons (Fsp3) is 0.579. The molecule has 1 saturated heterocycles. The molecule has 5 nitrogen and oxygen atoms in total.